The second kappa shape index (κ2) is 5.43. The van der Waals surface area contributed by atoms with Crippen molar-refractivity contribution in [3.63, 3.8) is 0 Å². The van der Waals surface area contributed by atoms with Gasteiger partial charge in [-0.2, -0.15) is 0 Å². The van der Waals surface area contributed by atoms with Gasteiger partial charge in [-0.25, -0.2) is 4.79 Å². The minimum absolute atomic E-state index is 0.0578. The lowest BCUT2D eigenvalue weighted by Gasteiger charge is -2.03. The highest BCUT2D eigenvalue weighted by Gasteiger charge is 2.07. The topological polar surface area (TPSA) is 97.2 Å². The minimum Gasteiger partial charge on any atom is -0.410 e. The Morgan fingerprint density at radius 3 is 2.89 bits per heavy atom. The summed E-state index contributed by atoms with van der Waals surface area (Å²) >= 11 is 0. The highest BCUT2D eigenvalue weighted by atomic mass is 16.5. The lowest BCUT2D eigenvalue weighted by molar-refractivity contribution is -0.118. The summed E-state index contributed by atoms with van der Waals surface area (Å²) in [7, 11) is 0. The number of carbonyl (C=O) groups is 2. The fraction of sp³-hybridized carbons (Fsp3) is 0.231. The first-order chi connectivity index (χ1) is 9.06. The number of fused-ring (bicyclic) bond motifs is 1. The van der Waals surface area contributed by atoms with Crippen LogP contribution in [-0.2, 0) is 11.2 Å². The zero-order valence-corrected chi connectivity index (χ0v) is 10.5. The van der Waals surface area contributed by atoms with Crippen LogP contribution in [0.15, 0.2) is 24.4 Å². The lowest BCUT2D eigenvalue weighted by Crippen LogP contribution is -2.22. The number of H-pyrrole nitrogens is 1. The molecule has 0 saturated heterocycles. The lowest BCUT2D eigenvalue weighted by atomic mass is 10.1. The summed E-state index contributed by atoms with van der Waals surface area (Å²) in [4.78, 5) is 24.7. The molecule has 0 bridgehead atoms. The number of aromatic amines is 1. The number of primary amides is 1. The highest BCUT2D eigenvalue weighted by molar-refractivity contribution is 5.85. The van der Waals surface area contributed by atoms with Gasteiger partial charge in [-0.15, -0.1) is 0 Å². The zero-order chi connectivity index (χ0) is 13.8. The van der Waals surface area contributed by atoms with Gasteiger partial charge >= 0.3 is 6.09 Å². The van der Waals surface area contributed by atoms with Gasteiger partial charge in [0.2, 0.25) is 5.91 Å². The maximum absolute atomic E-state index is 10.8. The molecule has 2 amide bonds. The molecule has 100 valence electrons. The first-order valence-corrected chi connectivity index (χ1v) is 5.88. The van der Waals surface area contributed by atoms with Gasteiger partial charge in [0.25, 0.3) is 0 Å². The van der Waals surface area contributed by atoms with E-state index in [4.69, 9.17) is 10.5 Å². The molecule has 6 heteroatoms. The van der Waals surface area contributed by atoms with Crippen molar-refractivity contribution >= 4 is 22.9 Å². The molecule has 1 aromatic heterocycles. The van der Waals surface area contributed by atoms with E-state index in [9.17, 15) is 9.59 Å². The van der Waals surface area contributed by atoms with Crippen LogP contribution >= 0.6 is 0 Å². The minimum atomic E-state index is -0.838. The van der Waals surface area contributed by atoms with Gasteiger partial charge in [0.1, 0.15) is 5.75 Å². The average Bonchev–Trinajstić information content (AvgIpc) is 2.71. The predicted molar refractivity (Wildman–Crippen MR) is 70.9 cm³/mol. The third kappa shape index (κ3) is 3.25. The molecule has 0 unspecified atom stereocenters. The van der Waals surface area contributed by atoms with Gasteiger partial charge in [0.05, 0.1) is 0 Å². The molecule has 2 aromatic rings. The van der Waals surface area contributed by atoms with Crippen molar-refractivity contribution in [3.8, 4) is 5.75 Å². The van der Waals surface area contributed by atoms with E-state index in [0.717, 1.165) is 16.5 Å². The summed E-state index contributed by atoms with van der Waals surface area (Å²) in [5.74, 6) is 0.345. The summed E-state index contributed by atoms with van der Waals surface area (Å²) < 4.78 is 4.84. The van der Waals surface area contributed by atoms with E-state index in [1.165, 1.54) is 6.92 Å². The Bertz CT molecular complexity index is 619. The van der Waals surface area contributed by atoms with E-state index in [-0.39, 0.29) is 5.91 Å². The fourth-order valence-corrected chi connectivity index (χ4v) is 1.92. The summed E-state index contributed by atoms with van der Waals surface area (Å²) in [6, 6.07) is 5.23. The monoisotopic (exact) mass is 261 g/mol. The molecule has 2 rings (SSSR count). The molecule has 6 nitrogen and oxygen atoms in total. The van der Waals surface area contributed by atoms with Crippen molar-refractivity contribution in [2.45, 2.75) is 13.3 Å². The molecular formula is C13H15N3O3. The second-order valence-corrected chi connectivity index (χ2v) is 4.18. The molecule has 0 aliphatic carbocycles. The normalized spacial score (nSPS) is 10.4. The first kappa shape index (κ1) is 12.9. The van der Waals surface area contributed by atoms with Gasteiger partial charge in [0.15, 0.2) is 0 Å². The number of ether oxygens (including phenoxy) is 1. The van der Waals surface area contributed by atoms with Crippen molar-refractivity contribution in [2.24, 2.45) is 5.73 Å². The maximum atomic E-state index is 10.8. The van der Waals surface area contributed by atoms with Crippen LogP contribution in [-0.4, -0.2) is 23.5 Å². The summed E-state index contributed by atoms with van der Waals surface area (Å²) in [6.45, 7) is 2.04. The number of rotatable bonds is 4. The van der Waals surface area contributed by atoms with Crippen LogP contribution in [0.25, 0.3) is 10.9 Å². The molecule has 1 aromatic carbocycles. The Balaban J connectivity index is 2.19. The number of hydrogen-bond donors (Lipinski definition) is 3. The van der Waals surface area contributed by atoms with Crippen LogP contribution in [0.2, 0.25) is 0 Å². The largest absolute Gasteiger partial charge is 0.410 e. The molecule has 0 saturated carbocycles. The highest BCUT2D eigenvalue weighted by Crippen LogP contribution is 2.24. The van der Waals surface area contributed by atoms with Crippen molar-refractivity contribution in [3.05, 3.63) is 30.0 Å². The van der Waals surface area contributed by atoms with Crippen molar-refractivity contribution in [2.75, 3.05) is 6.54 Å². The summed E-state index contributed by atoms with van der Waals surface area (Å²) in [5.41, 5.74) is 6.96. The first-order valence-electron chi connectivity index (χ1n) is 5.88. The van der Waals surface area contributed by atoms with E-state index in [0.29, 0.717) is 18.7 Å². The number of aromatic nitrogens is 1. The quantitative estimate of drug-likeness (QED) is 0.773. The van der Waals surface area contributed by atoms with Crippen LogP contribution in [0.3, 0.4) is 0 Å². The Morgan fingerprint density at radius 1 is 1.42 bits per heavy atom. The summed E-state index contributed by atoms with van der Waals surface area (Å²) in [6.07, 6.45) is 1.73. The number of amides is 2. The molecule has 0 fully saturated rings. The Hall–Kier alpha value is -2.50. The third-order valence-corrected chi connectivity index (χ3v) is 2.73. The predicted octanol–water partition coefficient (Wildman–Crippen LogP) is 1.30. The molecule has 0 radical (unpaired) electrons. The standard InChI is InChI=1S/C13H15N3O3/c1-8(17)15-5-4-9-7-16-12-3-2-10(6-11(9)12)19-13(14)18/h2-3,6-7,16H,4-5H2,1H3,(H2,14,18)(H,15,17). The number of nitrogens with one attached hydrogen (secondary N) is 2. The van der Waals surface area contributed by atoms with Gasteiger partial charge in [0, 0.05) is 30.6 Å². The van der Waals surface area contributed by atoms with E-state index in [2.05, 4.69) is 10.3 Å². The van der Waals surface area contributed by atoms with E-state index in [1.807, 2.05) is 12.3 Å². The molecule has 4 N–H and O–H groups in total. The van der Waals surface area contributed by atoms with Gasteiger partial charge in [-0.3, -0.25) is 4.79 Å². The Kier molecular flexibility index (Phi) is 3.70. The van der Waals surface area contributed by atoms with Gasteiger partial charge < -0.3 is 20.8 Å². The van der Waals surface area contributed by atoms with Crippen LogP contribution < -0.4 is 15.8 Å². The molecule has 0 atom stereocenters. The van der Waals surface area contributed by atoms with Crippen molar-refractivity contribution in [1.82, 2.24) is 10.3 Å². The summed E-state index contributed by atoms with van der Waals surface area (Å²) in [5, 5.41) is 3.69. The van der Waals surface area contributed by atoms with E-state index < -0.39 is 6.09 Å². The van der Waals surface area contributed by atoms with Crippen LogP contribution in [0.4, 0.5) is 4.79 Å². The van der Waals surface area contributed by atoms with Crippen LogP contribution in [0.1, 0.15) is 12.5 Å². The van der Waals surface area contributed by atoms with Crippen molar-refractivity contribution < 1.29 is 14.3 Å². The number of carbonyl (C=O) groups excluding carboxylic acids is 2. The van der Waals surface area contributed by atoms with Crippen LogP contribution in [0.5, 0.6) is 5.75 Å². The van der Waals surface area contributed by atoms with Gasteiger partial charge in [-0.1, -0.05) is 0 Å². The van der Waals surface area contributed by atoms with Gasteiger partial charge in [-0.05, 0) is 30.2 Å². The SMILES string of the molecule is CC(=O)NCCc1c[nH]c2ccc(OC(N)=O)cc12. The second-order valence-electron chi connectivity index (χ2n) is 4.18. The molecule has 19 heavy (non-hydrogen) atoms. The third-order valence-electron chi connectivity index (χ3n) is 2.73. The zero-order valence-electron chi connectivity index (χ0n) is 10.5. The molecule has 0 spiro atoms. The van der Waals surface area contributed by atoms with Crippen molar-refractivity contribution in [1.29, 1.82) is 0 Å². The molecule has 0 aliphatic rings. The molecular weight excluding hydrogens is 246 g/mol. The maximum Gasteiger partial charge on any atom is 0.409 e. The molecule has 0 aliphatic heterocycles. The fourth-order valence-electron chi connectivity index (χ4n) is 1.92. The smallest absolute Gasteiger partial charge is 0.409 e. The van der Waals surface area contributed by atoms with E-state index >= 15 is 0 Å². The number of hydrogen-bond acceptors (Lipinski definition) is 3. The Labute approximate surface area is 109 Å². The Morgan fingerprint density at radius 2 is 2.21 bits per heavy atom. The number of nitrogens with two attached hydrogens (primary N) is 1. The van der Waals surface area contributed by atoms with Crippen LogP contribution in [0, 0.1) is 0 Å². The average molecular weight is 261 g/mol. The molecule has 1 heterocycles. The van der Waals surface area contributed by atoms with E-state index in [1.54, 1.807) is 12.1 Å². The number of benzene rings is 1.